The first-order chi connectivity index (χ1) is 18.9. The molecule has 0 radical (unpaired) electrons. The molecule has 0 heterocycles. The number of hydrogen-bond acceptors (Lipinski definition) is 4. The third kappa shape index (κ3) is 6.75. The van der Waals surface area contributed by atoms with E-state index in [1.165, 1.54) is 5.56 Å². The van der Waals surface area contributed by atoms with Gasteiger partial charge in [-0.25, -0.2) is 0 Å². The van der Waals surface area contributed by atoms with Gasteiger partial charge in [-0.05, 0) is 71.6 Å². The van der Waals surface area contributed by atoms with Gasteiger partial charge in [0.1, 0.15) is 13.0 Å². The van der Waals surface area contributed by atoms with Gasteiger partial charge in [0, 0.05) is 22.4 Å². The number of amides is 2. The molecule has 0 atom stereocenters. The maximum Gasteiger partial charge on any atom is 0.255 e. The normalized spacial score (nSPS) is 10.6. The molecule has 3 N–H and O–H groups in total. The van der Waals surface area contributed by atoms with Crippen LogP contribution in [-0.2, 0) is 19.3 Å². The highest BCUT2D eigenvalue weighted by Crippen LogP contribution is 2.33. The Labute approximate surface area is 230 Å². The number of aliphatic hydroxyl groups excluding tert-OH is 1. The highest BCUT2D eigenvalue weighted by Gasteiger charge is 2.14. The molecule has 0 saturated heterocycles. The molecule has 0 aliphatic heterocycles. The molecule has 6 nitrogen and oxygen atoms in total. The van der Waals surface area contributed by atoms with Gasteiger partial charge in [0.15, 0.2) is 0 Å². The molecule has 2 amide bonds. The minimum absolute atomic E-state index is 0.212. The fraction of sp³-hybridized carbons (Fsp3) is 0.188. The first-order valence-corrected chi connectivity index (χ1v) is 13.2. The SMILES string of the molecule is CBCc1ccc(C(=O)Nc2ccc(-c3ccc(NC(=O)c4ccc(CC)cc4)c(CO)c3)cc2OC)cc1. The van der Waals surface area contributed by atoms with Crippen molar-refractivity contribution in [2.45, 2.75) is 33.1 Å². The van der Waals surface area contributed by atoms with Crippen LogP contribution in [0.25, 0.3) is 11.1 Å². The molecule has 0 aliphatic rings. The zero-order chi connectivity index (χ0) is 27.8. The van der Waals surface area contributed by atoms with Crippen LogP contribution in [0.2, 0.25) is 6.82 Å². The van der Waals surface area contributed by atoms with E-state index in [9.17, 15) is 14.7 Å². The van der Waals surface area contributed by atoms with E-state index in [1.54, 1.807) is 31.4 Å². The Morgan fingerprint density at radius 3 is 1.85 bits per heavy atom. The standard InChI is InChI=1S/C32H33BN2O4/c1-4-21-5-9-23(10-6-21)31(37)34-28-15-13-25(17-27(28)20-36)26-14-16-29(30(18-26)39-3)35-32(38)24-11-7-22(8-12-24)19-33-2/h5-18,33,36H,4,19-20H2,1-3H3,(H,34,37)(H,35,38). The Kier molecular flexibility index (Phi) is 9.18. The lowest BCUT2D eigenvalue weighted by Crippen LogP contribution is -2.13. The smallest absolute Gasteiger partial charge is 0.255 e. The summed E-state index contributed by atoms with van der Waals surface area (Å²) in [5, 5.41) is 15.9. The van der Waals surface area contributed by atoms with Gasteiger partial charge in [0.2, 0.25) is 0 Å². The van der Waals surface area contributed by atoms with Crippen molar-refractivity contribution in [2.75, 3.05) is 17.7 Å². The summed E-state index contributed by atoms with van der Waals surface area (Å²) < 4.78 is 5.57. The molecule has 0 spiro atoms. The van der Waals surface area contributed by atoms with Crippen LogP contribution in [0.5, 0.6) is 5.75 Å². The first-order valence-electron chi connectivity index (χ1n) is 13.2. The van der Waals surface area contributed by atoms with Crippen LogP contribution in [0, 0.1) is 0 Å². The van der Waals surface area contributed by atoms with E-state index >= 15 is 0 Å². The Balaban J connectivity index is 1.51. The zero-order valence-electron chi connectivity index (χ0n) is 22.6. The second kappa shape index (κ2) is 12.9. The van der Waals surface area contributed by atoms with Gasteiger partial charge < -0.3 is 20.5 Å². The molecule has 0 bridgehead atoms. The van der Waals surface area contributed by atoms with Crippen molar-refractivity contribution in [1.82, 2.24) is 0 Å². The number of benzene rings is 4. The van der Waals surface area contributed by atoms with E-state index in [-0.39, 0.29) is 18.4 Å². The topological polar surface area (TPSA) is 87.7 Å². The molecule has 4 aromatic carbocycles. The number of carbonyl (C=O) groups is 2. The molecule has 0 aliphatic carbocycles. The van der Waals surface area contributed by atoms with Crippen molar-refractivity contribution in [3.8, 4) is 16.9 Å². The molecule has 0 fully saturated rings. The van der Waals surface area contributed by atoms with Crippen molar-refractivity contribution in [1.29, 1.82) is 0 Å². The number of ether oxygens (including phenoxy) is 1. The summed E-state index contributed by atoms with van der Waals surface area (Å²) in [6, 6.07) is 26.1. The van der Waals surface area contributed by atoms with Crippen LogP contribution in [0.1, 0.15) is 44.3 Å². The van der Waals surface area contributed by atoms with Crippen LogP contribution in [0.4, 0.5) is 11.4 Å². The number of hydrogen-bond donors (Lipinski definition) is 3. The van der Waals surface area contributed by atoms with Gasteiger partial charge in [-0.15, -0.1) is 0 Å². The minimum Gasteiger partial charge on any atom is -0.495 e. The molecule has 4 rings (SSSR count). The molecule has 198 valence electrons. The van der Waals surface area contributed by atoms with Crippen molar-refractivity contribution in [3.05, 3.63) is 113 Å². The molecule has 0 saturated carbocycles. The zero-order valence-corrected chi connectivity index (χ0v) is 22.6. The Bertz CT molecular complexity index is 1450. The number of carbonyl (C=O) groups excluding carboxylic acids is 2. The van der Waals surface area contributed by atoms with Crippen molar-refractivity contribution in [3.63, 3.8) is 0 Å². The maximum absolute atomic E-state index is 12.8. The number of methoxy groups -OCH3 is 1. The Hall–Kier alpha value is -4.36. The van der Waals surface area contributed by atoms with Crippen LogP contribution in [0.3, 0.4) is 0 Å². The van der Waals surface area contributed by atoms with Crippen LogP contribution in [0.15, 0.2) is 84.9 Å². The third-order valence-electron chi connectivity index (χ3n) is 6.69. The van der Waals surface area contributed by atoms with Gasteiger partial charge in [-0.3, -0.25) is 9.59 Å². The molecule has 39 heavy (non-hydrogen) atoms. The van der Waals surface area contributed by atoms with Crippen molar-refractivity contribution in [2.24, 2.45) is 0 Å². The largest absolute Gasteiger partial charge is 0.495 e. The van der Waals surface area contributed by atoms with Crippen LogP contribution >= 0.6 is 0 Å². The molecule has 0 aromatic heterocycles. The maximum atomic E-state index is 12.8. The van der Waals surface area contributed by atoms with E-state index in [1.807, 2.05) is 60.7 Å². The lowest BCUT2D eigenvalue weighted by molar-refractivity contribution is 0.101. The lowest BCUT2D eigenvalue weighted by Gasteiger charge is -2.15. The number of anilines is 2. The summed E-state index contributed by atoms with van der Waals surface area (Å²) in [7, 11) is 2.61. The fourth-order valence-electron chi connectivity index (χ4n) is 4.39. The summed E-state index contributed by atoms with van der Waals surface area (Å²) in [6.45, 7) is 3.96. The monoisotopic (exact) mass is 520 g/mol. The second-order valence-corrected chi connectivity index (χ2v) is 9.35. The summed E-state index contributed by atoms with van der Waals surface area (Å²) >= 11 is 0. The number of nitrogens with one attached hydrogen (secondary N) is 2. The van der Waals surface area contributed by atoms with E-state index in [4.69, 9.17) is 4.74 Å². The summed E-state index contributed by atoms with van der Waals surface area (Å²) in [4.78, 5) is 25.6. The first kappa shape index (κ1) is 27.7. The lowest BCUT2D eigenvalue weighted by atomic mass is 9.75. The number of aryl methyl sites for hydroxylation is 1. The fourth-order valence-corrected chi connectivity index (χ4v) is 4.39. The quantitative estimate of drug-likeness (QED) is 0.227. The van der Waals surface area contributed by atoms with E-state index in [2.05, 4.69) is 24.4 Å². The van der Waals surface area contributed by atoms with Crippen LogP contribution < -0.4 is 15.4 Å². The highest BCUT2D eigenvalue weighted by atomic mass is 16.5. The minimum atomic E-state index is -0.236. The predicted octanol–water partition coefficient (Wildman–Crippen LogP) is 5.91. The predicted molar refractivity (Wildman–Crippen MR) is 159 cm³/mol. The Morgan fingerprint density at radius 1 is 0.769 bits per heavy atom. The summed E-state index contributed by atoms with van der Waals surface area (Å²) in [5.74, 6) is 0.0693. The summed E-state index contributed by atoms with van der Waals surface area (Å²) in [6.07, 6.45) is 1.89. The summed E-state index contributed by atoms with van der Waals surface area (Å²) in [5.41, 5.74) is 6.88. The molecular formula is C32H33BN2O4. The van der Waals surface area contributed by atoms with E-state index in [0.29, 0.717) is 33.8 Å². The molecule has 0 unspecified atom stereocenters. The van der Waals surface area contributed by atoms with Crippen molar-refractivity contribution >= 4 is 30.5 Å². The molecule has 7 heteroatoms. The van der Waals surface area contributed by atoms with Crippen LogP contribution in [-0.4, -0.2) is 31.3 Å². The Morgan fingerprint density at radius 2 is 1.31 bits per heavy atom. The molecular weight excluding hydrogens is 487 g/mol. The highest BCUT2D eigenvalue weighted by molar-refractivity contribution is 6.32. The van der Waals surface area contributed by atoms with Gasteiger partial charge >= 0.3 is 0 Å². The third-order valence-corrected chi connectivity index (χ3v) is 6.69. The average Bonchev–Trinajstić information content (AvgIpc) is 2.98. The van der Waals surface area contributed by atoms with Crippen molar-refractivity contribution < 1.29 is 19.4 Å². The second-order valence-electron chi connectivity index (χ2n) is 9.35. The van der Waals surface area contributed by atoms with Gasteiger partial charge in [-0.2, -0.15) is 0 Å². The van der Waals surface area contributed by atoms with E-state index in [0.717, 1.165) is 36.7 Å². The number of aliphatic hydroxyl groups is 1. The van der Waals surface area contributed by atoms with Gasteiger partial charge in [0.25, 0.3) is 11.8 Å². The average molecular weight is 520 g/mol. The van der Waals surface area contributed by atoms with Gasteiger partial charge in [0.05, 0.1) is 19.4 Å². The van der Waals surface area contributed by atoms with E-state index < -0.39 is 0 Å². The number of rotatable bonds is 10. The molecule has 4 aromatic rings. The van der Waals surface area contributed by atoms with Gasteiger partial charge in [-0.1, -0.05) is 62.0 Å².